The van der Waals surface area contributed by atoms with Crippen LogP contribution in [-0.2, 0) is 4.79 Å². The second-order valence-corrected chi connectivity index (χ2v) is 6.92. The molecule has 1 amide bonds. The highest BCUT2D eigenvalue weighted by molar-refractivity contribution is 5.85. The van der Waals surface area contributed by atoms with Crippen LogP contribution in [0.3, 0.4) is 0 Å². The van der Waals surface area contributed by atoms with E-state index in [9.17, 15) is 4.79 Å². The fraction of sp³-hybridized carbons (Fsp3) is 0.476. The second kappa shape index (κ2) is 10.4. The van der Waals surface area contributed by atoms with E-state index in [0.717, 1.165) is 35.9 Å². The van der Waals surface area contributed by atoms with Gasteiger partial charge in [-0.1, -0.05) is 24.6 Å². The van der Waals surface area contributed by atoms with E-state index < -0.39 is 0 Å². The molecule has 1 aromatic carbocycles. The lowest BCUT2D eigenvalue weighted by atomic mass is 10.1. The summed E-state index contributed by atoms with van der Waals surface area (Å²) in [5.41, 5.74) is 1.03. The molecule has 1 aromatic heterocycles. The number of carbonyl (C=O) groups is 1. The molecule has 148 valence electrons. The molecule has 1 aliphatic rings. The maximum atomic E-state index is 12.3. The SMILES string of the molecule is Cc1ccc(C(CNC(=O)COc2ccccc2C)N2CCCCC2)o1.Cl. The Morgan fingerprint density at radius 3 is 2.56 bits per heavy atom. The summed E-state index contributed by atoms with van der Waals surface area (Å²) in [5, 5.41) is 3.01. The third-order valence-electron chi connectivity index (χ3n) is 4.87. The van der Waals surface area contributed by atoms with Crippen LogP contribution in [0.4, 0.5) is 0 Å². The van der Waals surface area contributed by atoms with E-state index >= 15 is 0 Å². The number of piperidine rings is 1. The van der Waals surface area contributed by atoms with Crippen LogP contribution in [0.5, 0.6) is 5.75 Å². The van der Waals surface area contributed by atoms with E-state index in [-0.39, 0.29) is 31.0 Å². The summed E-state index contributed by atoms with van der Waals surface area (Å²) in [6, 6.07) is 11.8. The van der Waals surface area contributed by atoms with Crippen LogP contribution in [0.25, 0.3) is 0 Å². The number of carbonyl (C=O) groups excluding carboxylic acids is 1. The van der Waals surface area contributed by atoms with Crippen LogP contribution >= 0.6 is 12.4 Å². The molecule has 0 spiro atoms. The van der Waals surface area contributed by atoms with Crippen molar-refractivity contribution in [2.75, 3.05) is 26.2 Å². The Bertz CT molecular complexity index is 726. The van der Waals surface area contributed by atoms with Gasteiger partial charge in [0.05, 0.1) is 6.04 Å². The molecule has 3 rings (SSSR count). The van der Waals surface area contributed by atoms with Crippen LogP contribution < -0.4 is 10.1 Å². The summed E-state index contributed by atoms with van der Waals surface area (Å²) >= 11 is 0. The Kier molecular flexibility index (Phi) is 8.20. The smallest absolute Gasteiger partial charge is 0.258 e. The third kappa shape index (κ3) is 6.01. The van der Waals surface area contributed by atoms with Gasteiger partial charge in [-0.15, -0.1) is 12.4 Å². The number of furan rings is 1. The molecule has 27 heavy (non-hydrogen) atoms. The molecule has 0 radical (unpaired) electrons. The summed E-state index contributed by atoms with van der Waals surface area (Å²) in [6.07, 6.45) is 3.66. The van der Waals surface area contributed by atoms with Gasteiger partial charge in [-0.05, 0) is 63.5 Å². The lowest BCUT2D eigenvalue weighted by Crippen LogP contribution is -2.41. The standard InChI is InChI=1S/C21H28N2O3.ClH/c1-16-8-4-5-9-19(16)25-15-21(24)22-14-18(20-11-10-17(2)26-20)23-12-6-3-7-13-23;/h4-5,8-11,18H,3,6-7,12-15H2,1-2H3,(H,22,24);1H. The zero-order valence-electron chi connectivity index (χ0n) is 16.1. The molecule has 1 saturated heterocycles. The summed E-state index contributed by atoms with van der Waals surface area (Å²) in [4.78, 5) is 14.7. The first-order chi connectivity index (χ1) is 12.6. The van der Waals surface area contributed by atoms with Crippen LogP contribution in [0, 0.1) is 13.8 Å². The second-order valence-electron chi connectivity index (χ2n) is 6.92. The number of hydrogen-bond acceptors (Lipinski definition) is 4. The highest BCUT2D eigenvalue weighted by atomic mass is 35.5. The van der Waals surface area contributed by atoms with E-state index in [1.807, 2.05) is 50.2 Å². The summed E-state index contributed by atoms with van der Waals surface area (Å²) in [5.74, 6) is 2.45. The van der Waals surface area contributed by atoms with E-state index in [2.05, 4.69) is 10.2 Å². The molecule has 1 unspecified atom stereocenters. The van der Waals surface area contributed by atoms with Crippen molar-refractivity contribution in [3.8, 4) is 5.75 Å². The van der Waals surface area contributed by atoms with Crippen LogP contribution in [0.1, 0.15) is 42.4 Å². The predicted molar refractivity (Wildman–Crippen MR) is 109 cm³/mol. The number of benzene rings is 1. The number of aryl methyl sites for hydroxylation is 2. The number of hydrogen-bond donors (Lipinski definition) is 1. The third-order valence-corrected chi connectivity index (χ3v) is 4.87. The van der Waals surface area contributed by atoms with Crippen molar-refractivity contribution in [1.82, 2.24) is 10.2 Å². The molecule has 1 fully saturated rings. The first kappa shape index (κ1) is 21.3. The Hall–Kier alpha value is -1.98. The maximum absolute atomic E-state index is 12.3. The molecule has 0 saturated carbocycles. The first-order valence-corrected chi connectivity index (χ1v) is 9.39. The quantitative estimate of drug-likeness (QED) is 0.772. The van der Waals surface area contributed by atoms with Gasteiger partial charge in [0, 0.05) is 6.54 Å². The number of para-hydroxylation sites is 1. The monoisotopic (exact) mass is 392 g/mol. The minimum atomic E-state index is -0.112. The topological polar surface area (TPSA) is 54.7 Å². The van der Waals surface area contributed by atoms with Gasteiger partial charge >= 0.3 is 0 Å². The lowest BCUT2D eigenvalue weighted by molar-refractivity contribution is -0.123. The number of likely N-dealkylation sites (tertiary alicyclic amines) is 1. The van der Waals surface area contributed by atoms with Gasteiger partial charge in [-0.3, -0.25) is 9.69 Å². The molecule has 1 atom stereocenters. The summed E-state index contributed by atoms with van der Waals surface area (Å²) < 4.78 is 11.5. The average molecular weight is 393 g/mol. The summed E-state index contributed by atoms with van der Waals surface area (Å²) in [7, 11) is 0. The van der Waals surface area contributed by atoms with E-state index in [1.165, 1.54) is 19.3 Å². The maximum Gasteiger partial charge on any atom is 0.258 e. The number of ether oxygens (including phenoxy) is 1. The number of rotatable bonds is 7. The van der Waals surface area contributed by atoms with Crippen LogP contribution in [-0.4, -0.2) is 37.0 Å². The molecule has 5 nitrogen and oxygen atoms in total. The Balaban J connectivity index is 0.00000261. The van der Waals surface area contributed by atoms with Crippen molar-refractivity contribution in [3.05, 3.63) is 53.5 Å². The average Bonchev–Trinajstić information content (AvgIpc) is 3.08. The Morgan fingerprint density at radius 1 is 1.15 bits per heavy atom. The zero-order chi connectivity index (χ0) is 18.4. The Morgan fingerprint density at radius 2 is 1.89 bits per heavy atom. The lowest BCUT2D eigenvalue weighted by Gasteiger charge is -2.33. The number of amides is 1. The highest BCUT2D eigenvalue weighted by Gasteiger charge is 2.25. The number of nitrogens with zero attached hydrogens (tertiary/aromatic N) is 1. The number of halogens is 1. The molecule has 1 N–H and O–H groups in total. The van der Waals surface area contributed by atoms with Gasteiger partial charge in [0.25, 0.3) is 5.91 Å². The normalized spacial score (nSPS) is 15.6. The van der Waals surface area contributed by atoms with Crippen molar-refractivity contribution in [2.24, 2.45) is 0 Å². The fourth-order valence-electron chi connectivity index (χ4n) is 3.40. The molecule has 0 bridgehead atoms. The molecule has 6 heteroatoms. The predicted octanol–water partition coefficient (Wildman–Crippen LogP) is 4.04. The summed E-state index contributed by atoms with van der Waals surface area (Å²) in [6.45, 7) is 6.56. The highest BCUT2D eigenvalue weighted by Crippen LogP contribution is 2.25. The van der Waals surface area contributed by atoms with Gasteiger partial charge in [-0.2, -0.15) is 0 Å². The van der Waals surface area contributed by atoms with Gasteiger partial charge in [-0.25, -0.2) is 0 Å². The molecule has 1 aliphatic heterocycles. The van der Waals surface area contributed by atoms with Gasteiger partial charge < -0.3 is 14.5 Å². The Labute approximate surface area is 167 Å². The van der Waals surface area contributed by atoms with Crippen LogP contribution in [0.2, 0.25) is 0 Å². The van der Waals surface area contributed by atoms with Crippen molar-refractivity contribution < 1.29 is 13.9 Å². The van der Waals surface area contributed by atoms with Crippen molar-refractivity contribution in [1.29, 1.82) is 0 Å². The van der Waals surface area contributed by atoms with E-state index in [1.54, 1.807) is 0 Å². The van der Waals surface area contributed by atoms with Crippen molar-refractivity contribution >= 4 is 18.3 Å². The van der Waals surface area contributed by atoms with Gasteiger partial charge in [0.15, 0.2) is 6.61 Å². The van der Waals surface area contributed by atoms with Crippen molar-refractivity contribution in [3.63, 3.8) is 0 Å². The minimum Gasteiger partial charge on any atom is -0.484 e. The van der Waals surface area contributed by atoms with Gasteiger partial charge in [0.1, 0.15) is 17.3 Å². The molecule has 2 aromatic rings. The molecular weight excluding hydrogens is 364 g/mol. The molecule has 0 aliphatic carbocycles. The van der Waals surface area contributed by atoms with Crippen molar-refractivity contribution in [2.45, 2.75) is 39.2 Å². The van der Waals surface area contributed by atoms with Gasteiger partial charge in [0.2, 0.25) is 0 Å². The minimum absolute atomic E-state index is 0. The van der Waals surface area contributed by atoms with E-state index in [0.29, 0.717) is 6.54 Å². The number of nitrogens with one attached hydrogen (secondary N) is 1. The molecular formula is C21H29ClN2O3. The van der Waals surface area contributed by atoms with Crippen LogP contribution in [0.15, 0.2) is 40.8 Å². The first-order valence-electron chi connectivity index (χ1n) is 9.39. The molecule has 2 heterocycles. The zero-order valence-corrected chi connectivity index (χ0v) is 16.9. The largest absolute Gasteiger partial charge is 0.484 e. The fourth-order valence-corrected chi connectivity index (χ4v) is 3.40. The van der Waals surface area contributed by atoms with E-state index in [4.69, 9.17) is 9.15 Å².